The van der Waals surface area contributed by atoms with E-state index in [0.29, 0.717) is 28.5 Å². The second-order valence-corrected chi connectivity index (χ2v) is 4.95. The summed E-state index contributed by atoms with van der Waals surface area (Å²) in [5, 5.41) is 15.4. The smallest absolute Gasteiger partial charge is 0.221 e. The molecule has 0 saturated carbocycles. The Kier molecular flexibility index (Phi) is 4.41. The molecule has 0 aliphatic rings. The third kappa shape index (κ3) is 3.41. The molecule has 0 fully saturated rings. The number of amides is 1. The molecule has 0 spiro atoms. The van der Waals surface area contributed by atoms with Crippen LogP contribution in [0.15, 0.2) is 30.3 Å². The van der Waals surface area contributed by atoms with E-state index in [1.54, 1.807) is 19.2 Å². The molecular formula is C16H19N3O3. The van der Waals surface area contributed by atoms with Crippen LogP contribution in [0.25, 0.3) is 0 Å². The molecule has 0 radical (unpaired) electrons. The molecule has 116 valence electrons. The topological polar surface area (TPSA) is 96.6 Å². The number of aromatic hydroxyl groups is 1. The number of nitrogen functional groups attached to an aromatic ring is 1. The van der Waals surface area contributed by atoms with Crippen LogP contribution in [0.5, 0.6) is 11.5 Å². The van der Waals surface area contributed by atoms with Gasteiger partial charge in [0.05, 0.1) is 24.2 Å². The number of nitrogens with two attached hydrogens (primary N) is 1. The van der Waals surface area contributed by atoms with Crippen LogP contribution >= 0.6 is 0 Å². The first-order valence-electron chi connectivity index (χ1n) is 6.72. The van der Waals surface area contributed by atoms with Crippen LogP contribution in [0, 0.1) is 6.92 Å². The van der Waals surface area contributed by atoms with Gasteiger partial charge in [-0.2, -0.15) is 0 Å². The number of benzene rings is 2. The number of methoxy groups -OCH3 is 1. The molecule has 0 saturated heterocycles. The van der Waals surface area contributed by atoms with Gasteiger partial charge in [-0.3, -0.25) is 4.79 Å². The average Bonchev–Trinajstić information content (AvgIpc) is 2.44. The Hall–Kier alpha value is -2.89. The lowest BCUT2D eigenvalue weighted by atomic mass is 10.1. The third-order valence-corrected chi connectivity index (χ3v) is 3.17. The zero-order valence-corrected chi connectivity index (χ0v) is 12.7. The zero-order valence-electron chi connectivity index (χ0n) is 12.7. The molecule has 2 rings (SSSR count). The van der Waals surface area contributed by atoms with E-state index in [1.807, 2.05) is 13.0 Å². The van der Waals surface area contributed by atoms with Crippen molar-refractivity contribution in [1.82, 2.24) is 0 Å². The summed E-state index contributed by atoms with van der Waals surface area (Å²) >= 11 is 0. The maximum absolute atomic E-state index is 11.3. The highest BCUT2D eigenvalue weighted by Gasteiger charge is 2.10. The minimum atomic E-state index is -0.228. The summed E-state index contributed by atoms with van der Waals surface area (Å²) in [5.41, 5.74) is 9.24. The molecule has 6 heteroatoms. The number of carbonyl (C=O) groups excluding carboxylic acids is 1. The Balaban J connectivity index is 2.42. The molecule has 22 heavy (non-hydrogen) atoms. The number of rotatable bonds is 4. The van der Waals surface area contributed by atoms with E-state index in [1.165, 1.54) is 19.1 Å². The van der Waals surface area contributed by atoms with Gasteiger partial charge in [0.2, 0.25) is 5.91 Å². The van der Waals surface area contributed by atoms with Crippen molar-refractivity contribution >= 4 is 28.7 Å². The lowest BCUT2D eigenvalue weighted by Crippen LogP contribution is -2.08. The van der Waals surface area contributed by atoms with Gasteiger partial charge in [-0.25, -0.2) is 0 Å². The Morgan fingerprint density at radius 1 is 1.18 bits per heavy atom. The van der Waals surface area contributed by atoms with Crippen LogP contribution in [0.1, 0.15) is 12.5 Å². The van der Waals surface area contributed by atoms with E-state index in [0.717, 1.165) is 5.56 Å². The van der Waals surface area contributed by atoms with Crippen LogP contribution in [-0.4, -0.2) is 18.1 Å². The molecule has 2 aromatic rings. The summed E-state index contributed by atoms with van der Waals surface area (Å²) in [6, 6.07) is 8.27. The van der Waals surface area contributed by atoms with Gasteiger partial charge < -0.3 is 26.2 Å². The van der Waals surface area contributed by atoms with Gasteiger partial charge in [-0.15, -0.1) is 0 Å². The Labute approximate surface area is 128 Å². The van der Waals surface area contributed by atoms with Crippen molar-refractivity contribution in [3.05, 3.63) is 35.9 Å². The van der Waals surface area contributed by atoms with Crippen molar-refractivity contribution in [2.24, 2.45) is 0 Å². The normalized spacial score (nSPS) is 10.1. The second kappa shape index (κ2) is 6.26. The molecule has 0 atom stereocenters. The minimum Gasteiger partial charge on any atom is -0.508 e. The summed E-state index contributed by atoms with van der Waals surface area (Å²) in [7, 11) is 1.56. The summed E-state index contributed by atoms with van der Waals surface area (Å²) in [6.45, 7) is 3.30. The van der Waals surface area contributed by atoms with Gasteiger partial charge in [0.1, 0.15) is 11.5 Å². The summed E-state index contributed by atoms with van der Waals surface area (Å²) < 4.78 is 5.32. The van der Waals surface area contributed by atoms with Gasteiger partial charge in [0.25, 0.3) is 0 Å². The fraction of sp³-hybridized carbons (Fsp3) is 0.188. The van der Waals surface area contributed by atoms with Crippen molar-refractivity contribution in [3.8, 4) is 11.5 Å². The average molecular weight is 301 g/mol. The Morgan fingerprint density at radius 3 is 2.55 bits per heavy atom. The van der Waals surface area contributed by atoms with E-state index in [-0.39, 0.29) is 11.7 Å². The highest BCUT2D eigenvalue weighted by atomic mass is 16.5. The first-order valence-corrected chi connectivity index (χ1v) is 6.72. The second-order valence-electron chi connectivity index (χ2n) is 4.95. The molecule has 5 N–H and O–H groups in total. The SMILES string of the molecule is COc1cc(N)c(C)cc1Nc1ccc(O)cc1NC(C)=O. The minimum absolute atomic E-state index is 0.0646. The van der Waals surface area contributed by atoms with Crippen molar-refractivity contribution < 1.29 is 14.6 Å². The molecule has 0 bridgehead atoms. The molecule has 0 aliphatic carbocycles. The van der Waals surface area contributed by atoms with Crippen LogP contribution in [0.3, 0.4) is 0 Å². The quantitative estimate of drug-likeness (QED) is 0.514. The lowest BCUT2D eigenvalue weighted by molar-refractivity contribution is -0.114. The number of anilines is 4. The number of hydrogen-bond acceptors (Lipinski definition) is 5. The zero-order chi connectivity index (χ0) is 16.3. The first-order chi connectivity index (χ1) is 10.4. The van der Waals surface area contributed by atoms with E-state index < -0.39 is 0 Å². The van der Waals surface area contributed by atoms with Gasteiger partial charge in [-0.1, -0.05) is 0 Å². The molecule has 0 aliphatic heterocycles. The van der Waals surface area contributed by atoms with E-state index >= 15 is 0 Å². The number of ether oxygens (including phenoxy) is 1. The Morgan fingerprint density at radius 2 is 1.91 bits per heavy atom. The largest absolute Gasteiger partial charge is 0.508 e. The van der Waals surface area contributed by atoms with Crippen LogP contribution in [0.2, 0.25) is 0 Å². The predicted octanol–water partition coefficient (Wildman–Crippen LogP) is 2.99. The number of phenolic OH excluding ortho intramolecular Hbond substituents is 1. The summed E-state index contributed by atoms with van der Waals surface area (Å²) in [6.07, 6.45) is 0. The first kappa shape index (κ1) is 15.5. The highest BCUT2D eigenvalue weighted by Crippen LogP contribution is 2.35. The van der Waals surface area contributed by atoms with Crippen LogP contribution in [0.4, 0.5) is 22.7 Å². The maximum atomic E-state index is 11.3. The van der Waals surface area contributed by atoms with Gasteiger partial charge >= 0.3 is 0 Å². The highest BCUT2D eigenvalue weighted by molar-refractivity contribution is 5.94. The third-order valence-electron chi connectivity index (χ3n) is 3.17. The molecule has 0 unspecified atom stereocenters. The van der Waals surface area contributed by atoms with Crippen LogP contribution < -0.4 is 21.1 Å². The monoisotopic (exact) mass is 301 g/mol. The van der Waals surface area contributed by atoms with E-state index in [4.69, 9.17) is 10.5 Å². The van der Waals surface area contributed by atoms with Crippen molar-refractivity contribution in [2.75, 3.05) is 23.5 Å². The molecule has 0 heterocycles. The van der Waals surface area contributed by atoms with Crippen LogP contribution in [-0.2, 0) is 4.79 Å². The molecule has 1 amide bonds. The summed E-state index contributed by atoms with van der Waals surface area (Å²) in [5.74, 6) is 0.425. The predicted molar refractivity (Wildman–Crippen MR) is 87.8 cm³/mol. The van der Waals surface area contributed by atoms with E-state index in [9.17, 15) is 9.90 Å². The molecule has 2 aromatic carbocycles. The van der Waals surface area contributed by atoms with Crippen molar-refractivity contribution in [2.45, 2.75) is 13.8 Å². The van der Waals surface area contributed by atoms with Crippen molar-refractivity contribution in [1.29, 1.82) is 0 Å². The van der Waals surface area contributed by atoms with E-state index in [2.05, 4.69) is 10.6 Å². The van der Waals surface area contributed by atoms with Gasteiger partial charge in [0, 0.05) is 24.7 Å². The fourth-order valence-corrected chi connectivity index (χ4v) is 2.05. The number of aryl methyl sites for hydroxylation is 1. The number of nitrogens with one attached hydrogen (secondary N) is 2. The number of hydrogen-bond donors (Lipinski definition) is 4. The Bertz CT molecular complexity index is 714. The van der Waals surface area contributed by atoms with Crippen molar-refractivity contribution in [3.63, 3.8) is 0 Å². The molecule has 6 nitrogen and oxygen atoms in total. The van der Waals surface area contributed by atoms with Gasteiger partial charge in [-0.05, 0) is 30.7 Å². The number of phenols is 1. The van der Waals surface area contributed by atoms with Gasteiger partial charge in [0.15, 0.2) is 0 Å². The maximum Gasteiger partial charge on any atom is 0.221 e. The molecular weight excluding hydrogens is 282 g/mol. The molecule has 0 aromatic heterocycles. The standard InChI is InChI=1S/C16H19N3O3/c1-9-6-15(16(22-3)8-12(9)17)19-13-5-4-11(21)7-14(13)18-10(2)20/h4-8,19,21H,17H2,1-3H3,(H,18,20). The fourth-order valence-electron chi connectivity index (χ4n) is 2.05. The summed E-state index contributed by atoms with van der Waals surface area (Å²) in [4.78, 5) is 11.3. The lowest BCUT2D eigenvalue weighted by Gasteiger charge is -2.16. The number of carbonyl (C=O) groups is 1.